The maximum Gasteiger partial charge on any atom is 0.193 e. The van der Waals surface area contributed by atoms with Crippen molar-refractivity contribution >= 4 is 47.2 Å². The number of guanidine groups is 1. The van der Waals surface area contributed by atoms with Crippen molar-refractivity contribution in [2.45, 2.75) is 13.0 Å². The molecule has 0 amide bonds. The summed E-state index contributed by atoms with van der Waals surface area (Å²) in [7, 11) is 1.57. The highest BCUT2D eigenvalue weighted by molar-refractivity contribution is 14.0. The molecule has 0 unspecified atom stereocenters. The minimum absolute atomic E-state index is 0. The third-order valence-corrected chi connectivity index (χ3v) is 3.11. The van der Waals surface area contributed by atoms with Crippen LogP contribution in [0.2, 0.25) is 5.02 Å². The number of anilines is 1. The summed E-state index contributed by atoms with van der Waals surface area (Å²) in [6.45, 7) is 1.45. The summed E-state index contributed by atoms with van der Waals surface area (Å²) in [5.74, 6) is 0.980. The molecule has 2 aromatic rings. The number of hydrogen-bond donors (Lipinski definition) is 2. The predicted molar refractivity (Wildman–Crippen MR) is 100 cm³/mol. The van der Waals surface area contributed by atoms with Gasteiger partial charge in [0.15, 0.2) is 5.96 Å². The fourth-order valence-corrected chi connectivity index (χ4v) is 2.05. The molecule has 0 aliphatic carbocycles. The zero-order valence-electron chi connectivity index (χ0n) is 12.2. The number of rotatable bonds is 6. The van der Waals surface area contributed by atoms with Crippen LogP contribution in [0.5, 0.6) is 5.75 Å². The van der Waals surface area contributed by atoms with E-state index in [1.165, 1.54) is 0 Å². The average molecular weight is 436 g/mol. The van der Waals surface area contributed by atoms with E-state index in [4.69, 9.17) is 22.1 Å². The van der Waals surface area contributed by atoms with E-state index < -0.39 is 0 Å². The molecule has 22 heavy (non-hydrogen) atoms. The smallest absolute Gasteiger partial charge is 0.193 e. The van der Waals surface area contributed by atoms with Crippen molar-refractivity contribution in [2.75, 3.05) is 19.0 Å². The second-order valence-electron chi connectivity index (χ2n) is 4.36. The van der Waals surface area contributed by atoms with Crippen LogP contribution in [-0.4, -0.2) is 29.4 Å². The molecule has 0 atom stereocenters. The number of nitrogens with one attached hydrogen (secondary N) is 1. The summed E-state index contributed by atoms with van der Waals surface area (Å²) in [5, 5.41) is 7.64. The fraction of sp³-hybridized carbons (Fsp3) is 0.286. The summed E-state index contributed by atoms with van der Waals surface area (Å²) >= 11 is 6.04. The molecule has 0 aliphatic heterocycles. The summed E-state index contributed by atoms with van der Waals surface area (Å²) < 4.78 is 6.95. The standard InChI is InChI=1S/C14H18ClN5O.HI/c1-21-13-5-4-11(10-12(13)15)19-14(16)17-6-2-8-20-9-3-7-18-20;/h3-5,7,9-10H,2,6,8H2,1H3,(H3,16,17,19);1H. The van der Waals surface area contributed by atoms with Gasteiger partial charge in [0.1, 0.15) is 5.75 Å². The van der Waals surface area contributed by atoms with Crippen molar-refractivity contribution in [1.29, 1.82) is 0 Å². The minimum atomic E-state index is 0. The number of halogens is 2. The molecule has 0 fully saturated rings. The number of aliphatic imine (C=N–C) groups is 1. The van der Waals surface area contributed by atoms with Gasteiger partial charge in [-0.25, -0.2) is 0 Å². The maximum absolute atomic E-state index is 6.04. The molecule has 1 aromatic heterocycles. The van der Waals surface area contributed by atoms with E-state index in [1.54, 1.807) is 25.4 Å². The van der Waals surface area contributed by atoms with Crippen LogP contribution >= 0.6 is 35.6 Å². The van der Waals surface area contributed by atoms with E-state index in [9.17, 15) is 0 Å². The number of benzene rings is 1. The third-order valence-electron chi connectivity index (χ3n) is 2.81. The van der Waals surface area contributed by atoms with Gasteiger partial charge >= 0.3 is 0 Å². The number of methoxy groups -OCH3 is 1. The molecule has 0 radical (unpaired) electrons. The molecule has 6 nitrogen and oxygen atoms in total. The van der Waals surface area contributed by atoms with Crippen molar-refractivity contribution in [2.24, 2.45) is 10.7 Å². The Bertz CT molecular complexity index is 603. The zero-order valence-corrected chi connectivity index (χ0v) is 15.3. The first-order valence-electron chi connectivity index (χ1n) is 6.57. The van der Waals surface area contributed by atoms with Crippen LogP contribution in [0.3, 0.4) is 0 Å². The Labute approximate surface area is 151 Å². The summed E-state index contributed by atoms with van der Waals surface area (Å²) in [5.41, 5.74) is 6.60. The van der Waals surface area contributed by atoms with E-state index in [-0.39, 0.29) is 24.0 Å². The van der Waals surface area contributed by atoms with Crippen LogP contribution in [0.15, 0.2) is 41.7 Å². The van der Waals surface area contributed by atoms with Gasteiger partial charge in [0.05, 0.1) is 12.1 Å². The van der Waals surface area contributed by atoms with Gasteiger partial charge in [-0.05, 0) is 30.7 Å². The number of nitrogens with zero attached hydrogens (tertiary/aromatic N) is 3. The summed E-state index contributed by atoms with van der Waals surface area (Å²) in [4.78, 5) is 4.26. The van der Waals surface area contributed by atoms with Crippen molar-refractivity contribution in [3.63, 3.8) is 0 Å². The van der Waals surface area contributed by atoms with Crippen LogP contribution in [0.4, 0.5) is 5.69 Å². The molecular weight excluding hydrogens is 417 g/mol. The van der Waals surface area contributed by atoms with Crippen LogP contribution in [-0.2, 0) is 6.54 Å². The molecule has 2 rings (SSSR count). The molecule has 1 heterocycles. The average Bonchev–Trinajstić information content (AvgIpc) is 2.97. The number of hydrogen-bond acceptors (Lipinski definition) is 3. The van der Waals surface area contributed by atoms with Crippen LogP contribution in [0.25, 0.3) is 0 Å². The van der Waals surface area contributed by atoms with E-state index in [0.717, 1.165) is 18.7 Å². The second-order valence-corrected chi connectivity index (χ2v) is 4.77. The largest absolute Gasteiger partial charge is 0.495 e. The Morgan fingerprint density at radius 3 is 2.95 bits per heavy atom. The van der Waals surface area contributed by atoms with Gasteiger partial charge in [-0.1, -0.05) is 11.6 Å². The number of ether oxygens (including phenoxy) is 1. The molecule has 0 saturated heterocycles. The molecule has 0 aliphatic rings. The Balaban J connectivity index is 0.00000242. The van der Waals surface area contributed by atoms with Gasteiger partial charge in [-0.2, -0.15) is 5.10 Å². The van der Waals surface area contributed by atoms with E-state index in [0.29, 0.717) is 23.3 Å². The fourth-order valence-electron chi connectivity index (χ4n) is 1.80. The lowest BCUT2D eigenvalue weighted by Crippen LogP contribution is -2.23. The zero-order chi connectivity index (χ0) is 15.1. The predicted octanol–water partition coefficient (Wildman–Crippen LogP) is 2.98. The highest BCUT2D eigenvalue weighted by Crippen LogP contribution is 2.26. The lowest BCUT2D eigenvalue weighted by molar-refractivity contribution is 0.415. The first kappa shape index (κ1) is 18.6. The van der Waals surface area contributed by atoms with Crippen molar-refractivity contribution < 1.29 is 4.74 Å². The summed E-state index contributed by atoms with van der Waals surface area (Å²) in [6, 6.07) is 7.24. The molecule has 1 aromatic carbocycles. The van der Waals surface area contributed by atoms with Gasteiger partial charge in [0.2, 0.25) is 0 Å². The Kier molecular flexibility index (Phi) is 8.03. The Hall–Kier alpha value is -1.48. The minimum Gasteiger partial charge on any atom is -0.495 e. The Morgan fingerprint density at radius 1 is 1.50 bits per heavy atom. The first-order chi connectivity index (χ1) is 10.2. The summed E-state index contributed by atoms with van der Waals surface area (Å²) in [6.07, 6.45) is 4.55. The molecule has 0 spiro atoms. The van der Waals surface area contributed by atoms with Crippen LogP contribution in [0.1, 0.15) is 6.42 Å². The van der Waals surface area contributed by atoms with Crippen LogP contribution < -0.4 is 15.8 Å². The van der Waals surface area contributed by atoms with E-state index in [2.05, 4.69) is 15.4 Å². The molecule has 120 valence electrons. The van der Waals surface area contributed by atoms with Gasteiger partial charge in [0, 0.05) is 31.2 Å². The SMILES string of the molecule is COc1ccc(NC(N)=NCCCn2cccn2)cc1Cl.I. The Morgan fingerprint density at radius 2 is 2.32 bits per heavy atom. The van der Waals surface area contributed by atoms with Crippen LogP contribution in [0, 0.1) is 0 Å². The monoisotopic (exact) mass is 435 g/mol. The lowest BCUT2D eigenvalue weighted by Gasteiger charge is -2.08. The van der Waals surface area contributed by atoms with Gasteiger partial charge in [-0.3, -0.25) is 9.67 Å². The topological polar surface area (TPSA) is 77.5 Å². The van der Waals surface area contributed by atoms with E-state index >= 15 is 0 Å². The number of aromatic nitrogens is 2. The lowest BCUT2D eigenvalue weighted by atomic mass is 10.3. The second kappa shape index (κ2) is 9.52. The van der Waals surface area contributed by atoms with Crippen molar-refractivity contribution in [3.8, 4) is 5.75 Å². The normalized spacial score (nSPS) is 10.9. The maximum atomic E-state index is 6.04. The molecule has 0 saturated carbocycles. The van der Waals surface area contributed by atoms with Gasteiger partial charge in [0.25, 0.3) is 0 Å². The third kappa shape index (κ3) is 5.72. The highest BCUT2D eigenvalue weighted by Gasteiger charge is 2.02. The molecule has 3 N–H and O–H groups in total. The molecule has 8 heteroatoms. The van der Waals surface area contributed by atoms with Crippen molar-refractivity contribution in [1.82, 2.24) is 9.78 Å². The highest BCUT2D eigenvalue weighted by atomic mass is 127. The van der Waals surface area contributed by atoms with Gasteiger partial charge in [-0.15, -0.1) is 24.0 Å². The first-order valence-corrected chi connectivity index (χ1v) is 6.95. The molecule has 0 bridgehead atoms. The number of nitrogens with two attached hydrogens (primary N) is 1. The van der Waals surface area contributed by atoms with Gasteiger partial charge < -0.3 is 15.8 Å². The number of aryl methyl sites for hydroxylation is 1. The molecular formula is C14H19ClIN5O. The quantitative estimate of drug-likeness (QED) is 0.316. The van der Waals surface area contributed by atoms with E-state index in [1.807, 2.05) is 23.0 Å². The van der Waals surface area contributed by atoms with Crippen molar-refractivity contribution in [3.05, 3.63) is 41.7 Å².